The minimum Gasteiger partial charge on any atom is -0.330 e. The van der Waals surface area contributed by atoms with Gasteiger partial charge in [-0.1, -0.05) is 38.1 Å². The lowest BCUT2D eigenvalue weighted by atomic mass is 9.97. The highest BCUT2D eigenvalue weighted by atomic mass is 19.3. The lowest BCUT2D eigenvalue weighted by molar-refractivity contribution is -0.0249. The topological polar surface area (TPSA) is 26.0 Å². The zero-order chi connectivity index (χ0) is 12.2. The van der Waals surface area contributed by atoms with Crippen LogP contribution in [0.15, 0.2) is 24.3 Å². The predicted octanol–water partition coefficient (Wildman–Crippen LogP) is 3.33. The van der Waals surface area contributed by atoms with E-state index < -0.39 is 5.92 Å². The Hall–Kier alpha value is -0.960. The number of hydrogen-bond donors (Lipinski definition) is 1. The van der Waals surface area contributed by atoms with E-state index in [0.717, 1.165) is 12.0 Å². The number of halogens is 2. The predicted molar refractivity (Wildman–Crippen MR) is 62.5 cm³/mol. The van der Waals surface area contributed by atoms with Crippen LogP contribution in [0, 0.1) is 5.92 Å². The smallest absolute Gasteiger partial charge is 0.273 e. The first kappa shape index (κ1) is 13.1. The van der Waals surface area contributed by atoms with Crippen molar-refractivity contribution >= 4 is 0 Å². The van der Waals surface area contributed by atoms with Crippen molar-refractivity contribution in [3.05, 3.63) is 35.4 Å². The third-order valence-corrected chi connectivity index (χ3v) is 2.47. The van der Waals surface area contributed by atoms with Crippen LogP contribution in [0.25, 0.3) is 0 Å². The lowest BCUT2D eigenvalue weighted by Gasteiger charge is -2.19. The monoisotopic (exact) mass is 227 g/mol. The molecule has 1 aromatic carbocycles. The van der Waals surface area contributed by atoms with Crippen molar-refractivity contribution in [3.8, 4) is 0 Å². The summed E-state index contributed by atoms with van der Waals surface area (Å²) in [6.07, 6.45) is 0.624. The Morgan fingerprint density at radius 1 is 1.19 bits per heavy atom. The number of benzene rings is 1. The van der Waals surface area contributed by atoms with Gasteiger partial charge in [0.1, 0.15) is 0 Å². The van der Waals surface area contributed by atoms with Crippen molar-refractivity contribution in [1.82, 2.24) is 0 Å². The summed E-state index contributed by atoms with van der Waals surface area (Å²) in [7, 11) is 0. The molecule has 90 valence electrons. The van der Waals surface area contributed by atoms with Gasteiger partial charge in [0.15, 0.2) is 0 Å². The first-order valence-corrected chi connectivity index (χ1v) is 5.63. The maximum absolute atomic E-state index is 13.7. The Labute approximate surface area is 95.7 Å². The van der Waals surface area contributed by atoms with Gasteiger partial charge in [-0.05, 0) is 24.4 Å². The van der Waals surface area contributed by atoms with E-state index in [1.165, 1.54) is 12.1 Å². The molecule has 0 aliphatic carbocycles. The standard InChI is InChI=1S/C13H19F2N/c1-10(2)9-13(14,15)12-5-3-11(4-6-12)7-8-16/h3-6,10H,7-9,16H2,1-2H3. The van der Waals surface area contributed by atoms with Crippen molar-refractivity contribution < 1.29 is 8.78 Å². The fourth-order valence-corrected chi connectivity index (χ4v) is 1.71. The molecule has 0 bridgehead atoms. The fourth-order valence-electron chi connectivity index (χ4n) is 1.71. The number of rotatable bonds is 5. The Morgan fingerprint density at radius 3 is 2.19 bits per heavy atom. The zero-order valence-electron chi connectivity index (χ0n) is 9.84. The zero-order valence-corrected chi connectivity index (χ0v) is 9.84. The van der Waals surface area contributed by atoms with Gasteiger partial charge >= 0.3 is 0 Å². The molecule has 0 aromatic heterocycles. The molecule has 0 saturated heterocycles. The van der Waals surface area contributed by atoms with Gasteiger partial charge in [0.25, 0.3) is 5.92 Å². The van der Waals surface area contributed by atoms with E-state index in [4.69, 9.17) is 5.73 Å². The van der Waals surface area contributed by atoms with Gasteiger partial charge in [0.05, 0.1) is 0 Å². The van der Waals surface area contributed by atoms with E-state index in [0.29, 0.717) is 6.54 Å². The molecule has 0 saturated carbocycles. The molecule has 1 nitrogen and oxygen atoms in total. The third kappa shape index (κ3) is 3.56. The highest BCUT2D eigenvalue weighted by Gasteiger charge is 2.31. The summed E-state index contributed by atoms with van der Waals surface area (Å²) in [6.45, 7) is 4.15. The van der Waals surface area contributed by atoms with Crippen LogP contribution in [0.5, 0.6) is 0 Å². The third-order valence-electron chi connectivity index (χ3n) is 2.47. The summed E-state index contributed by atoms with van der Waals surface area (Å²) in [6, 6.07) is 6.48. The average Bonchev–Trinajstić information content (AvgIpc) is 2.17. The molecule has 2 N–H and O–H groups in total. The van der Waals surface area contributed by atoms with E-state index in [9.17, 15) is 8.78 Å². The molecular weight excluding hydrogens is 208 g/mol. The first-order chi connectivity index (χ1) is 7.45. The van der Waals surface area contributed by atoms with E-state index >= 15 is 0 Å². The van der Waals surface area contributed by atoms with Gasteiger partial charge in [-0.3, -0.25) is 0 Å². The molecular formula is C13H19F2N. The van der Waals surface area contributed by atoms with Crippen molar-refractivity contribution in [2.75, 3.05) is 6.54 Å². The van der Waals surface area contributed by atoms with Crippen LogP contribution in [-0.2, 0) is 12.3 Å². The molecule has 0 unspecified atom stereocenters. The van der Waals surface area contributed by atoms with Gasteiger partial charge in [-0.25, -0.2) is 8.78 Å². The summed E-state index contributed by atoms with van der Waals surface area (Å²) < 4.78 is 27.4. The van der Waals surface area contributed by atoms with Crippen molar-refractivity contribution in [3.63, 3.8) is 0 Å². The molecule has 0 aliphatic rings. The van der Waals surface area contributed by atoms with Gasteiger partial charge in [0, 0.05) is 12.0 Å². The molecule has 1 aromatic rings. The van der Waals surface area contributed by atoms with Crippen LogP contribution >= 0.6 is 0 Å². The van der Waals surface area contributed by atoms with Crippen molar-refractivity contribution in [2.45, 2.75) is 32.6 Å². The second kappa shape index (κ2) is 5.39. The Balaban J connectivity index is 2.79. The number of alkyl halides is 2. The molecule has 0 aliphatic heterocycles. The van der Waals surface area contributed by atoms with Gasteiger partial charge < -0.3 is 5.73 Å². The van der Waals surface area contributed by atoms with Crippen molar-refractivity contribution in [2.24, 2.45) is 11.7 Å². The average molecular weight is 227 g/mol. The second-order valence-corrected chi connectivity index (χ2v) is 4.54. The molecule has 0 spiro atoms. The van der Waals surface area contributed by atoms with Crippen LogP contribution in [0.4, 0.5) is 8.78 Å². The van der Waals surface area contributed by atoms with Crippen LogP contribution in [0.3, 0.4) is 0 Å². The summed E-state index contributed by atoms with van der Waals surface area (Å²) in [5.74, 6) is -2.74. The van der Waals surface area contributed by atoms with Gasteiger partial charge in [-0.2, -0.15) is 0 Å². The highest BCUT2D eigenvalue weighted by molar-refractivity contribution is 5.26. The summed E-state index contributed by atoms with van der Waals surface area (Å²) >= 11 is 0. The Kier molecular flexibility index (Phi) is 4.42. The summed E-state index contributed by atoms with van der Waals surface area (Å²) in [4.78, 5) is 0. The maximum Gasteiger partial charge on any atom is 0.273 e. The number of hydrogen-bond acceptors (Lipinski definition) is 1. The van der Waals surface area contributed by atoms with Crippen LogP contribution in [0.1, 0.15) is 31.4 Å². The van der Waals surface area contributed by atoms with E-state index in [1.54, 1.807) is 26.0 Å². The Bertz CT molecular complexity index is 317. The molecule has 0 amide bonds. The minimum absolute atomic E-state index is 0.0151. The second-order valence-electron chi connectivity index (χ2n) is 4.54. The van der Waals surface area contributed by atoms with Crippen LogP contribution in [0.2, 0.25) is 0 Å². The molecule has 0 atom stereocenters. The van der Waals surface area contributed by atoms with Crippen molar-refractivity contribution in [1.29, 1.82) is 0 Å². The molecule has 0 radical (unpaired) electrons. The molecule has 16 heavy (non-hydrogen) atoms. The summed E-state index contributed by atoms with van der Waals surface area (Å²) in [5, 5.41) is 0. The quantitative estimate of drug-likeness (QED) is 0.820. The highest BCUT2D eigenvalue weighted by Crippen LogP contribution is 2.34. The first-order valence-electron chi connectivity index (χ1n) is 5.63. The Morgan fingerprint density at radius 2 is 1.75 bits per heavy atom. The molecule has 3 heteroatoms. The maximum atomic E-state index is 13.7. The van der Waals surface area contributed by atoms with E-state index in [2.05, 4.69) is 0 Å². The largest absolute Gasteiger partial charge is 0.330 e. The molecule has 0 fully saturated rings. The van der Waals surface area contributed by atoms with Gasteiger partial charge in [0.2, 0.25) is 0 Å². The minimum atomic E-state index is -2.73. The number of nitrogens with two attached hydrogens (primary N) is 1. The van der Waals surface area contributed by atoms with E-state index in [1.807, 2.05) is 0 Å². The van der Waals surface area contributed by atoms with E-state index in [-0.39, 0.29) is 17.9 Å². The normalized spacial score (nSPS) is 12.1. The summed E-state index contributed by atoms with van der Waals surface area (Å²) in [5.41, 5.74) is 6.51. The molecule has 0 heterocycles. The molecule has 1 rings (SSSR count). The van der Waals surface area contributed by atoms with Crippen LogP contribution in [-0.4, -0.2) is 6.54 Å². The van der Waals surface area contributed by atoms with Gasteiger partial charge in [-0.15, -0.1) is 0 Å². The van der Waals surface area contributed by atoms with Crippen LogP contribution < -0.4 is 5.73 Å². The fraction of sp³-hybridized carbons (Fsp3) is 0.538. The SMILES string of the molecule is CC(C)CC(F)(F)c1ccc(CCN)cc1. The lowest BCUT2D eigenvalue weighted by Crippen LogP contribution is -2.16.